The van der Waals surface area contributed by atoms with Gasteiger partial charge in [-0.3, -0.25) is 4.79 Å². The summed E-state index contributed by atoms with van der Waals surface area (Å²) in [5.41, 5.74) is 0.811. The highest BCUT2D eigenvalue weighted by Crippen LogP contribution is 2.53. The first-order chi connectivity index (χ1) is 19.4. The standard InChI is InChI=1S/C29H37N7O4S/c1-28(2)16-22-29(3,18-40-28)21-17-30-27(31-19-9-12-35(25(37)15-19)20-10-13-39-14-11-20)33-26(21)36(22)24-8-6-7-23(32-24)34-41(4,5)38/h6-9,12,15,17,20,22H,10-11,13-14,16,18H2,1-5H3,(H,30,31,33)/t22-,29-/m1/s1. The highest BCUT2D eigenvalue weighted by molar-refractivity contribution is 7.92. The third-order valence-electron chi connectivity index (χ3n) is 8.18. The SMILES string of the molecule is CC1(C)C[C@H]2N(c3cccc(N=S(C)(C)=O)n3)c3nc(Nc4ccn(C5CCOCC5)c(=O)c4)ncc3[C@@]2(C)CO1. The summed E-state index contributed by atoms with van der Waals surface area (Å²) < 4.78 is 30.3. The number of nitrogens with one attached hydrogen (secondary N) is 1. The summed E-state index contributed by atoms with van der Waals surface area (Å²) in [5, 5.41) is 3.23. The molecule has 0 aromatic carbocycles. The molecule has 1 N–H and O–H groups in total. The summed E-state index contributed by atoms with van der Waals surface area (Å²) in [7, 11) is -2.38. The number of anilines is 4. The van der Waals surface area contributed by atoms with Crippen molar-refractivity contribution in [2.45, 2.75) is 63.1 Å². The number of hydrogen-bond donors (Lipinski definition) is 1. The van der Waals surface area contributed by atoms with Gasteiger partial charge in [0, 0.05) is 76.6 Å². The average molecular weight is 580 g/mol. The van der Waals surface area contributed by atoms with E-state index < -0.39 is 9.73 Å². The van der Waals surface area contributed by atoms with Crippen LogP contribution in [0.3, 0.4) is 0 Å². The van der Waals surface area contributed by atoms with Gasteiger partial charge >= 0.3 is 0 Å². The minimum Gasteiger partial charge on any atom is -0.381 e. The largest absolute Gasteiger partial charge is 0.381 e. The lowest BCUT2D eigenvalue weighted by Gasteiger charge is -2.46. The maximum atomic E-state index is 12.9. The molecule has 0 unspecified atom stereocenters. The summed E-state index contributed by atoms with van der Waals surface area (Å²) in [5.74, 6) is 2.19. The molecule has 0 spiro atoms. The monoisotopic (exact) mass is 579 g/mol. The summed E-state index contributed by atoms with van der Waals surface area (Å²) in [6.45, 7) is 8.21. The van der Waals surface area contributed by atoms with Crippen LogP contribution < -0.4 is 15.8 Å². The molecule has 3 aromatic heterocycles. The molecule has 0 amide bonds. The van der Waals surface area contributed by atoms with E-state index in [2.05, 4.69) is 40.3 Å². The summed E-state index contributed by atoms with van der Waals surface area (Å²) in [6.07, 6.45) is 9.26. The molecule has 0 bridgehead atoms. The topological polar surface area (TPSA) is 124 Å². The Balaban J connectivity index is 1.38. The van der Waals surface area contributed by atoms with Crippen LogP contribution in [-0.4, -0.2) is 67.7 Å². The van der Waals surface area contributed by atoms with Crippen molar-refractivity contribution in [1.82, 2.24) is 19.5 Å². The van der Waals surface area contributed by atoms with Gasteiger partial charge in [0.15, 0.2) is 5.82 Å². The molecule has 3 aliphatic rings. The highest BCUT2D eigenvalue weighted by Gasteiger charge is 2.55. The van der Waals surface area contributed by atoms with Crippen LogP contribution in [0, 0.1) is 0 Å². The van der Waals surface area contributed by atoms with Crippen LogP contribution in [0.4, 0.5) is 29.1 Å². The van der Waals surface area contributed by atoms with Crippen LogP contribution in [-0.2, 0) is 24.6 Å². The first-order valence-corrected chi connectivity index (χ1v) is 16.3. The Labute approximate surface area is 240 Å². The lowest BCUT2D eigenvalue weighted by Crippen LogP contribution is -2.54. The Hall–Kier alpha value is -3.35. The fraction of sp³-hybridized carbons (Fsp3) is 0.517. The maximum absolute atomic E-state index is 12.9. The van der Waals surface area contributed by atoms with Crippen LogP contribution in [0.2, 0.25) is 0 Å². The van der Waals surface area contributed by atoms with E-state index >= 15 is 0 Å². The third kappa shape index (κ3) is 5.47. The molecule has 0 radical (unpaired) electrons. The van der Waals surface area contributed by atoms with E-state index in [-0.39, 0.29) is 28.7 Å². The Kier molecular flexibility index (Phi) is 6.90. The molecular weight excluding hydrogens is 542 g/mol. The van der Waals surface area contributed by atoms with Crippen molar-refractivity contribution in [3.63, 3.8) is 0 Å². The zero-order valence-electron chi connectivity index (χ0n) is 24.2. The van der Waals surface area contributed by atoms with Gasteiger partial charge < -0.3 is 24.3 Å². The van der Waals surface area contributed by atoms with Gasteiger partial charge in [-0.05, 0) is 51.3 Å². The second-order valence-electron chi connectivity index (χ2n) is 12.2. The smallest absolute Gasteiger partial charge is 0.252 e. The summed E-state index contributed by atoms with van der Waals surface area (Å²) in [4.78, 5) is 29.5. The number of nitrogens with zero attached hydrogens (tertiary/aromatic N) is 6. The minimum absolute atomic E-state index is 0.00422. The molecule has 2 atom stereocenters. The van der Waals surface area contributed by atoms with Gasteiger partial charge in [0.2, 0.25) is 5.95 Å². The first-order valence-electron chi connectivity index (χ1n) is 13.9. The van der Waals surface area contributed by atoms with Crippen molar-refractivity contribution in [2.75, 3.05) is 42.5 Å². The van der Waals surface area contributed by atoms with E-state index in [9.17, 15) is 9.00 Å². The van der Waals surface area contributed by atoms with Crippen molar-refractivity contribution in [2.24, 2.45) is 4.36 Å². The molecule has 2 saturated heterocycles. The number of rotatable bonds is 5. The van der Waals surface area contributed by atoms with Crippen LogP contribution in [0.5, 0.6) is 0 Å². The highest BCUT2D eigenvalue weighted by atomic mass is 32.2. The van der Waals surface area contributed by atoms with Gasteiger partial charge in [-0.15, -0.1) is 0 Å². The average Bonchev–Trinajstić information content (AvgIpc) is 3.15. The predicted molar refractivity (Wildman–Crippen MR) is 159 cm³/mol. The van der Waals surface area contributed by atoms with Gasteiger partial charge in [-0.25, -0.2) is 14.2 Å². The predicted octanol–water partition coefficient (Wildman–Crippen LogP) is 4.46. The molecule has 0 saturated carbocycles. The van der Waals surface area contributed by atoms with Crippen molar-refractivity contribution in [3.05, 3.63) is 58.6 Å². The van der Waals surface area contributed by atoms with Crippen LogP contribution >= 0.6 is 0 Å². The Morgan fingerprint density at radius 1 is 1.12 bits per heavy atom. The fourth-order valence-electron chi connectivity index (χ4n) is 6.04. The third-order valence-corrected chi connectivity index (χ3v) is 8.80. The molecular formula is C29H37N7O4S. The van der Waals surface area contributed by atoms with Gasteiger partial charge in [0.25, 0.3) is 5.56 Å². The second kappa shape index (κ2) is 10.2. The number of hydrogen-bond acceptors (Lipinski definition) is 10. The summed E-state index contributed by atoms with van der Waals surface area (Å²) in [6, 6.07) is 9.17. The zero-order chi connectivity index (χ0) is 29.0. The molecule has 0 aliphatic carbocycles. The minimum atomic E-state index is -2.38. The van der Waals surface area contributed by atoms with Gasteiger partial charge in [-0.2, -0.15) is 9.35 Å². The normalized spacial score (nSPS) is 24.0. The Morgan fingerprint density at radius 3 is 2.63 bits per heavy atom. The van der Waals surface area contributed by atoms with Crippen LogP contribution in [0.25, 0.3) is 0 Å². The van der Waals surface area contributed by atoms with E-state index in [1.54, 1.807) is 29.2 Å². The van der Waals surface area contributed by atoms with Crippen molar-refractivity contribution >= 4 is 38.8 Å². The molecule has 3 aliphatic heterocycles. The summed E-state index contributed by atoms with van der Waals surface area (Å²) >= 11 is 0. The van der Waals surface area contributed by atoms with Crippen LogP contribution in [0.1, 0.15) is 51.6 Å². The fourth-order valence-corrected chi connectivity index (χ4v) is 6.60. The van der Waals surface area contributed by atoms with Gasteiger partial charge in [0.1, 0.15) is 11.6 Å². The van der Waals surface area contributed by atoms with E-state index in [0.717, 1.165) is 30.6 Å². The molecule has 3 aromatic rings. The van der Waals surface area contributed by atoms with Gasteiger partial charge in [0.05, 0.1) is 18.2 Å². The van der Waals surface area contributed by atoms with E-state index in [1.807, 2.05) is 30.6 Å². The maximum Gasteiger partial charge on any atom is 0.252 e. The molecule has 41 heavy (non-hydrogen) atoms. The van der Waals surface area contributed by atoms with Crippen molar-refractivity contribution in [3.8, 4) is 0 Å². The molecule has 6 rings (SSSR count). The quantitative estimate of drug-likeness (QED) is 0.466. The van der Waals surface area contributed by atoms with Crippen molar-refractivity contribution < 1.29 is 13.7 Å². The molecule has 11 nitrogen and oxygen atoms in total. The number of aromatic nitrogens is 4. The van der Waals surface area contributed by atoms with E-state index in [4.69, 9.17) is 19.4 Å². The molecule has 218 valence electrons. The van der Waals surface area contributed by atoms with E-state index in [0.29, 0.717) is 43.1 Å². The van der Waals surface area contributed by atoms with Crippen molar-refractivity contribution in [1.29, 1.82) is 0 Å². The lowest BCUT2D eigenvalue weighted by molar-refractivity contribution is -0.0893. The molecule has 6 heterocycles. The zero-order valence-corrected chi connectivity index (χ0v) is 25.0. The second-order valence-corrected chi connectivity index (χ2v) is 14.8. The molecule has 2 fully saturated rings. The van der Waals surface area contributed by atoms with E-state index in [1.165, 1.54) is 0 Å². The number of fused-ring (bicyclic) bond motifs is 3. The Bertz CT molecular complexity index is 1650. The van der Waals surface area contributed by atoms with Crippen LogP contribution in [0.15, 0.2) is 51.9 Å². The molecule has 12 heteroatoms. The number of ether oxygens (including phenoxy) is 2. The first kappa shape index (κ1) is 27.8. The van der Waals surface area contributed by atoms with Gasteiger partial charge in [-0.1, -0.05) is 13.0 Å². The Morgan fingerprint density at radius 2 is 1.90 bits per heavy atom. The lowest BCUT2D eigenvalue weighted by atomic mass is 9.73. The number of pyridine rings is 2.